The second-order valence-electron chi connectivity index (χ2n) is 5.10. The van der Waals surface area contributed by atoms with Crippen LogP contribution in [-0.4, -0.2) is 5.91 Å². The van der Waals surface area contributed by atoms with E-state index in [0.29, 0.717) is 12.3 Å². The normalized spacial score (nSPS) is 10.8. The van der Waals surface area contributed by atoms with Gasteiger partial charge in [-0.2, -0.15) is 0 Å². The van der Waals surface area contributed by atoms with Crippen molar-refractivity contribution in [2.45, 2.75) is 6.54 Å². The summed E-state index contributed by atoms with van der Waals surface area (Å²) in [6, 6.07) is 23.4. The Bertz CT molecular complexity index is 789. The van der Waals surface area contributed by atoms with Crippen LogP contribution in [0.4, 0.5) is 0 Å². The Morgan fingerprint density at radius 1 is 0.913 bits per heavy atom. The number of hydrogen-bond donors (Lipinski definition) is 1. The van der Waals surface area contributed by atoms with Gasteiger partial charge in [0.05, 0.1) is 0 Å². The summed E-state index contributed by atoms with van der Waals surface area (Å²) in [4.78, 5) is 11.8. The molecule has 0 fully saturated rings. The van der Waals surface area contributed by atoms with Crippen molar-refractivity contribution in [1.29, 1.82) is 0 Å². The number of furan rings is 1. The minimum absolute atomic E-state index is 0.147. The molecule has 0 aliphatic heterocycles. The Morgan fingerprint density at radius 3 is 2.35 bits per heavy atom. The van der Waals surface area contributed by atoms with Crippen molar-refractivity contribution in [3.63, 3.8) is 0 Å². The third kappa shape index (κ3) is 4.20. The maximum atomic E-state index is 11.8. The number of amides is 1. The summed E-state index contributed by atoms with van der Waals surface area (Å²) < 4.78 is 5.72. The highest BCUT2D eigenvalue weighted by atomic mass is 16.3. The lowest BCUT2D eigenvalue weighted by molar-refractivity contribution is -0.116. The van der Waals surface area contributed by atoms with Crippen LogP contribution in [0, 0.1) is 0 Å². The zero-order valence-corrected chi connectivity index (χ0v) is 12.6. The summed E-state index contributed by atoms with van der Waals surface area (Å²) in [7, 11) is 0. The second kappa shape index (κ2) is 7.27. The fourth-order valence-electron chi connectivity index (χ4n) is 2.20. The Kier molecular flexibility index (Phi) is 4.69. The molecule has 1 N–H and O–H groups in total. The maximum absolute atomic E-state index is 11.8. The van der Waals surface area contributed by atoms with Gasteiger partial charge >= 0.3 is 0 Å². The van der Waals surface area contributed by atoms with Gasteiger partial charge in [0.25, 0.3) is 0 Å². The summed E-state index contributed by atoms with van der Waals surface area (Å²) in [6.45, 7) is 0.511. The molecule has 3 heteroatoms. The minimum atomic E-state index is -0.147. The van der Waals surface area contributed by atoms with Crippen LogP contribution >= 0.6 is 0 Å². The van der Waals surface area contributed by atoms with E-state index in [0.717, 1.165) is 16.9 Å². The third-order valence-corrected chi connectivity index (χ3v) is 3.39. The molecule has 0 radical (unpaired) electrons. The molecule has 0 unspecified atom stereocenters. The van der Waals surface area contributed by atoms with E-state index >= 15 is 0 Å². The fraction of sp³-hybridized carbons (Fsp3) is 0.0500. The Balaban J connectivity index is 1.58. The molecule has 0 bridgehead atoms. The lowest BCUT2D eigenvalue weighted by Gasteiger charge is -2.01. The number of carbonyl (C=O) groups excluding carboxylic acids is 1. The van der Waals surface area contributed by atoms with E-state index in [9.17, 15) is 4.79 Å². The summed E-state index contributed by atoms with van der Waals surface area (Å²) in [6.07, 6.45) is 3.16. The standard InChI is InChI=1S/C20H17NO2/c22-20(21-15-16-7-3-1-4-8-16)14-12-18-11-13-19(23-18)17-9-5-2-6-10-17/h1-14H,15H2,(H,21,22). The van der Waals surface area contributed by atoms with E-state index < -0.39 is 0 Å². The van der Waals surface area contributed by atoms with Crippen molar-refractivity contribution < 1.29 is 9.21 Å². The Morgan fingerprint density at radius 2 is 1.61 bits per heavy atom. The van der Waals surface area contributed by atoms with Crippen LogP contribution in [0.3, 0.4) is 0 Å². The van der Waals surface area contributed by atoms with Crippen molar-refractivity contribution in [3.8, 4) is 11.3 Å². The van der Waals surface area contributed by atoms with E-state index in [1.54, 1.807) is 6.08 Å². The highest BCUT2D eigenvalue weighted by Gasteiger charge is 2.02. The smallest absolute Gasteiger partial charge is 0.244 e. The summed E-state index contributed by atoms with van der Waals surface area (Å²) >= 11 is 0. The van der Waals surface area contributed by atoms with Crippen LogP contribution in [-0.2, 0) is 11.3 Å². The number of nitrogens with one attached hydrogen (secondary N) is 1. The average molecular weight is 303 g/mol. The Hall–Kier alpha value is -3.07. The fourth-order valence-corrected chi connectivity index (χ4v) is 2.20. The predicted octanol–water partition coefficient (Wildman–Crippen LogP) is 4.28. The molecule has 2 aromatic carbocycles. The maximum Gasteiger partial charge on any atom is 0.244 e. The van der Waals surface area contributed by atoms with Crippen LogP contribution in [0.25, 0.3) is 17.4 Å². The Labute approximate surface area is 135 Å². The highest BCUT2D eigenvalue weighted by Crippen LogP contribution is 2.22. The number of hydrogen-bond acceptors (Lipinski definition) is 2. The van der Waals surface area contributed by atoms with Gasteiger partial charge in [0, 0.05) is 18.2 Å². The molecular formula is C20H17NO2. The zero-order chi connectivity index (χ0) is 15.9. The topological polar surface area (TPSA) is 42.2 Å². The van der Waals surface area contributed by atoms with Gasteiger partial charge in [-0.05, 0) is 23.8 Å². The molecule has 3 aromatic rings. The van der Waals surface area contributed by atoms with Crippen molar-refractivity contribution >= 4 is 12.0 Å². The molecule has 1 amide bonds. The van der Waals surface area contributed by atoms with E-state index in [1.165, 1.54) is 6.08 Å². The molecule has 0 aliphatic carbocycles. The molecule has 0 spiro atoms. The van der Waals surface area contributed by atoms with Crippen molar-refractivity contribution in [1.82, 2.24) is 5.32 Å². The van der Waals surface area contributed by atoms with Gasteiger partial charge in [-0.25, -0.2) is 0 Å². The monoisotopic (exact) mass is 303 g/mol. The lowest BCUT2D eigenvalue weighted by Crippen LogP contribution is -2.20. The van der Waals surface area contributed by atoms with Gasteiger partial charge in [-0.3, -0.25) is 4.79 Å². The first-order chi connectivity index (χ1) is 11.3. The number of benzene rings is 2. The van der Waals surface area contributed by atoms with Crippen molar-refractivity contribution in [2.75, 3.05) is 0 Å². The van der Waals surface area contributed by atoms with E-state index in [1.807, 2.05) is 72.8 Å². The molecule has 0 atom stereocenters. The first-order valence-corrected chi connectivity index (χ1v) is 7.46. The average Bonchev–Trinajstić information content (AvgIpc) is 3.09. The first-order valence-electron chi connectivity index (χ1n) is 7.46. The summed E-state index contributed by atoms with van der Waals surface area (Å²) in [5.74, 6) is 1.29. The van der Waals surface area contributed by atoms with Crippen LogP contribution in [0.2, 0.25) is 0 Å². The molecular weight excluding hydrogens is 286 g/mol. The lowest BCUT2D eigenvalue weighted by atomic mass is 10.2. The van der Waals surface area contributed by atoms with Crippen LogP contribution < -0.4 is 5.32 Å². The summed E-state index contributed by atoms with van der Waals surface area (Å²) in [5, 5.41) is 2.84. The molecule has 0 aliphatic rings. The van der Waals surface area contributed by atoms with Gasteiger partial charge in [0.1, 0.15) is 11.5 Å². The molecule has 0 saturated carbocycles. The van der Waals surface area contributed by atoms with Crippen LogP contribution in [0.15, 0.2) is 83.3 Å². The van der Waals surface area contributed by atoms with Crippen molar-refractivity contribution in [2.24, 2.45) is 0 Å². The molecule has 1 heterocycles. The van der Waals surface area contributed by atoms with E-state index in [-0.39, 0.29) is 5.91 Å². The quantitative estimate of drug-likeness (QED) is 0.715. The second-order valence-corrected chi connectivity index (χ2v) is 5.10. The predicted molar refractivity (Wildman–Crippen MR) is 91.5 cm³/mol. The molecule has 3 rings (SSSR count). The zero-order valence-electron chi connectivity index (χ0n) is 12.6. The number of rotatable bonds is 5. The van der Waals surface area contributed by atoms with Gasteiger partial charge in [0.15, 0.2) is 0 Å². The van der Waals surface area contributed by atoms with Crippen LogP contribution in [0.5, 0.6) is 0 Å². The largest absolute Gasteiger partial charge is 0.457 e. The molecule has 23 heavy (non-hydrogen) atoms. The van der Waals surface area contributed by atoms with Gasteiger partial charge in [-0.1, -0.05) is 60.7 Å². The number of carbonyl (C=O) groups is 1. The van der Waals surface area contributed by atoms with Gasteiger partial charge in [-0.15, -0.1) is 0 Å². The molecule has 3 nitrogen and oxygen atoms in total. The molecule has 1 aromatic heterocycles. The molecule has 114 valence electrons. The van der Waals surface area contributed by atoms with E-state index in [2.05, 4.69) is 5.32 Å². The SMILES string of the molecule is O=C(C=Cc1ccc(-c2ccccc2)o1)NCc1ccccc1. The van der Waals surface area contributed by atoms with Crippen molar-refractivity contribution in [3.05, 3.63) is 90.2 Å². The highest BCUT2D eigenvalue weighted by molar-refractivity contribution is 5.91. The van der Waals surface area contributed by atoms with Gasteiger partial charge < -0.3 is 9.73 Å². The van der Waals surface area contributed by atoms with Gasteiger partial charge in [0.2, 0.25) is 5.91 Å². The first kappa shape index (κ1) is 14.9. The summed E-state index contributed by atoms with van der Waals surface area (Å²) in [5.41, 5.74) is 2.08. The third-order valence-electron chi connectivity index (χ3n) is 3.39. The van der Waals surface area contributed by atoms with Crippen LogP contribution in [0.1, 0.15) is 11.3 Å². The molecule has 0 saturated heterocycles. The van der Waals surface area contributed by atoms with E-state index in [4.69, 9.17) is 4.42 Å². The minimum Gasteiger partial charge on any atom is -0.457 e.